The van der Waals surface area contributed by atoms with E-state index in [4.69, 9.17) is 4.74 Å². The third kappa shape index (κ3) is 3.10. The van der Waals surface area contributed by atoms with E-state index in [1.54, 1.807) is 0 Å². The highest BCUT2D eigenvalue weighted by Gasteiger charge is 2.38. The van der Waals surface area contributed by atoms with Crippen LogP contribution in [0.25, 0.3) is 0 Å². The predicted molar refractivity (Wildman–Crippen MR) is 80.5 cm³/mol. The third-order valence-corrected chi connectivity index (χ3v) is 6.61. The minimum Gasteiger partial charge on any atom is -0.381 e. The largest absolute Gasteiger partial charge is 0.381 e. The maximum Gasteiger partial charge on any atom is 0.123 e. The molecule has 4 atom stereocenters. The Morgan fingerprint density at radius 2 is 1.30 bits per heavy atom. The van der Waals surface area contributed by atoms with E-state index >= 15 is 0 Å². The Morgan fingerprint density at radius 1 is 0.750 bits per heavy atom. The van der Waals surface area contributed by atoms with E-state index in [1.165, 1.54) is 57.7 Å². The highest BCUT2D eigenvalue weighted by atomic mass is 16.5. The Bertz CT molecular complexity index is 319. The average Bonchev–Trinajstić information content (AvgIpc) is 2.54. The second-order valence-corrected chi connectivity index (χ2v) is 7.57. The van der Waals surface area contributed by atoms with Gasteiger partial charge in [0.2, 0.25) is 0 Å². The van der Waals surface area contributed by atoms with Gasteiger partial charge in [-0.25, -0.2) is 0 Å². The molecule has 114 valence electrons. The van der Waals surface area contributed by atoms with Crippen LogP contribution in [-0.4, -0.2) is 19.5 Å². The van der Waals surface area contributed by atoms with Crippen LogP contribution >= 0.6 is 0 Å². The van der Waals surface area contributed by atoms with E-state index in [2.05, 4.69) is 0 Å². The average molecular weight is 278 g/mol. The molecule has 0 aromatic carbocycles. The van der Waals surface area contributed by atoms with Gasteiger partial charge in [0.05, 0.1) is 6.10 Å². The van der Waals surface area contributed by atoms with Gasteiger partial charge in [-0.15, -0.1) is 0 Å². The first kappa shape index (κ1) is 14.6. The molecule has 2 heteroatoms. The highest BCUT2D eigenvalue weighted by Crippen LogP contribution is 2.48. The van der Waals surface area contributed by atoms with Crippen molar-refractivity contribution in [3.63, 3.8) is 0 Å². The van der Waals surface area contributed by atoms with Crippen molar-refractivity contribution in [2.45, 2.75) is 70.3 Å². The lowest BCUT2D eigenvalue weighted by Gasteiger charge is -2.44. The molecule has 20 heavy (non-hydrogen) atoms. The van der Waals surface area contributed by atoms with E-state index in [0.29, 0.717) is 12.0 Å². The van der Waals surface area contributed by atoms with Crippen molar-refractivity contribution < 1.29 is 9.53 Å². The molecule has 0 bridgehead atoms. The van der Waals surface area contributed by atoms with Crippen molar-refractivity contribution in [1.29, 1.82) is 0 Å². The van der Waals surface area contributed by atoms with E-state index in [1.807, 2.05) is 7.11 Å². The molecule has 0 saturated heterocycles. The standard InChI is InChI=1S/C18H30O2/c1-20-18-9-8-16-10-15(6-7-17(16)11-18)14-4-2-13(12-19)3-5-14/h12-18H,2-11H2,1H3. The number of carbonyl (C=O) groups is 1. The second-order valence-electron chi connectivity index (χ2n) is 7.57. The molecule has 3 aliphatic carbocycles. The number of ether oxygens (including phenoxy) is 1. The molecular formula is C18H30O2. The molecule has 0 aliphatic heterocycles. The van der Waals surface area contributed by atoms with Crippen LogP contribution in [0.5, 0.6) is 0 Å². The molecule has 0 aromatic heterocycles. The fourth-order valence-corrected chi connectivity index (χ4v) is 5.28. The van der Waals surface area contributed by atoms with Gasteiger partial charge in [0.25, 0.3) is 0 Å². The summed E-state index contributed by atoms with van der Waals surface area (Å²) in [5.74, 6) is 4.18. The van der Waals surface area contributed by atoms with Crippen molar-refractivity contribution >= 4 is 6.29 Å². The topological polar surface area (TPSA) is 26.3 Å². The van der Waals surface area contributed by atoms with Crippen LogP contribution < -0.4 is 0 Å². The lowest BCUT2D eigenvalue weighted by atomic mass is 9.62. The summed E-state index contributed by atoms with van der Waals surface area (Å²) in [5.41, 5.74) is 0. The maximum atomic E-state index is 10.9. The van der Waals surface area contributed by atoms with E-state index in [9.17, 15) is 4.79 Å². The van der Waals surface area contributed by atoms with Gasteiger partial charge in [-0.05, 0) is 87.9 Å². The van der Waals surface area contributed by atoms with Crippen LogP contribution in [0.3, 0.4) is 0 Å². The Labute approximate surface area is 123 Å². The van der Waals surface area contributed by atoms with Crippen LogP contribution in [0.4, 0.5) is 0 Å². The molecule has 0 aromatic rings. The molecule has 0 amide bonds. The molecule has 0 N–H and O–H groups in total. The lowest BCUT2D eigenvalue weighted by Crippen LogP contribution is -2.36. The molecule has 3 aliphatic rings. The van der Waals surface area contributed by atoms with Crippen LogP contribution in [0.15, 0.2) is 0 Å². The number of hydrogen-bond acceptors (Lipinski definition) is 2. The summed E-state index contributed by atoms with van der Waals surface area (Å²) in [6.45, 7) is 0. The van der Waals surface area contributed by atoms with Gasteiger partial charge in [0.1, 0.15) is 6.29 Å². The monoisotopic (exact) mass is 278 g/mol. The molecule has 2 nitrogen and oxygen atoms in total. The zero-order valence-corrected chi connectivity index (χ0v) is 12.9. The first-order chi connectivity index (χ1) is 9.80. The number of methoxy groups -OCH3 is 1. The highest BCUT2D eigenvalue weighted by molar-refractivity contribution is 5.53. The second kappa shape index (κ2) is 6.60. The van der Waals surface area contributed by atoms with Crippen LogP contribution in [0.1, 0.15) is 64.2 Å². The minimum atomic E-state index is 0.375. The molecule has 0 spiro atoms. The summed E-state index contributed by atoms with van der Waals surface area (Å²) in [6.07, 6.45) is 15.0. The molecule has 0 radical (unpaired) electrons. The van der Waals surface area contributed by atoms with Crippen LogP contribution in [-0.2, 0) is 9.53 Å². The summed E-state index contributed by atoms with van der Waals surface area (Å²) < 4.78 is 5.57. The number of rotatable bonds is 3. The molecule has 4 unspecified atom stereocenters. The zero-order valence-electron chi connectivity index (χ0n) is 12.9. The Kier molecular flexibility index (Phi) is 4.80. The van der Waals surface area contributed by atoms with Crippen LogP contribution in [0, 0.1) is 29.6 Å². The third-order valence-electron chi connectivity index (χ3n) is 6.61. The summed E-state index contributed by atoms with van der Waals surface area (Å²) in [7, 11) is 1.88. The van der Waals surface area contributed by atoms with Crippen molar-refractivity contribution in [1.82, 2.24) is 0 Å². The predicted octanol–water partition coefficient (Wildman–Crippen LogP) is 4.22. The van der Waals surface area contributed by atoms with Gasteiger partial charge in [-0.3, -0.25) is 0 Å². The summed E-state index contributed by atoms with van der Waals surface area (Å²) >= 11 is 0. The smallest absolute Gasteiger partial charge is 0.123 e. The fourth-order valence-electron chi connectivity index (χ4n) is 5.28. The van der Waals surface area contributed by atoms with Crippen LogP contribution in [0.2, 0.25) is 0 Å². The quantitative estimate of drug-likeness (QED) is 0.722. The summed E-state index contributed by atoms with van der Waals surface area (Å²) in [6, 6.07) is 0. The van der Waals surface area contributed by atoms with Gasteiger partial charge < -0.3 is 9.53 Å². The van der Waals surface area contributed by atoms with Gasteiger partial charge in [-0.1, -0.05) is 0 Å². The molecule has 3 fully saturated rings. The normalized spacial score (nSPS) is 45.6. The van der Waals surface area contributed by atoms with E-state index in [0.717, 1.165) is 36.5 Å². The Balaban J connectivity index is 1.51. The number of aldehydes is 1. The van der Waals surface area contributed by atoms with E-state index < -0.39 is 0 Å². The van der Waals surface area contributed by atoms with Crippen molar-refractivity contribution in [3.8, 4) is 0 Å². The lowest BCUT2D eigenvalue weighted by molar-refractivity contribution is -0.112. The zero-order chi connectivity index (χ0) is 13.9. The first-order valence-corrected chi connectivity index (χ1v) is 8.78. The van der Waals surface area contributed by atoms with Gasteiger partial charge in [-0.2, -0.15) is 0 Å². The number of fused-ring (bicyclic) bond motifs is 1. The van der Waals surface area contributed by atoms with Gasteiger partial charge in [0.15, 0.2) is 0 Å². The molecular weight excluding hydrogens is 248 g/mol. The van der Waals surface area contributed by atoms with Crippen molar-refractivity contribution in [2.24, 2.45) is 29.6 Å². The number of carbonyl (C=O) groups excluding carboxylic acids is 1. The minimum absolute atomic E-state index is 0.375. The van der Waals surface area contributed by atoms with Gasteiger partial charge >= 0.3 is 0 Å². The first-order valence-electron chi connectivity index (χ1n) is 8.78. The van der Waals surface area contributed by atoms with E-state index in [-0.39, 0.29) is 0 Å². The molecule has 3 rings (SSSR count). The fraction of sp³-hybridized carbons (Fsp3) is 0.944. The number of hydrogen-bond donors (Lipinski definition) is 0. The van der Waals surface area contributed by atoms with Crippen molar-refractivity contribution in [3.05, 3.63) is 0 Å². The summed E-state index contributed by atoms with van der Waals surface area (Å²) in [4.78, 5) is 10.9. The molecule has 3 saturated carbocycles. The SMILES string of the molecule is COC1CCC2CC(C3CCC(C=O)CC3)CCC2C1. The Hall–Kier alpha value is -0.370. The van der Waals surface area contributed by atoms with Crippen molar-refractivity contribution in [2.75, 3.05) is 7.11 Å². The molecule has 0 heterocycles. The summed E-state index contributed by atoms with van der Waals surface area (Å²) in [5, 5.41) is 0. The Morgan fingerprint density at radius 3 is 1.95 bits per heavy atom. The maximum absolute atomic E-state index is 10.9. The van der Waals surface area contributed by atoms with Gasteiger partial charge in [0, 0.05) is 13.0 Å².